The van der Waals surface area contributed by atoms with Crippen LogP contribution in [0.2, 0.25) is 0 Å². The molecule has 1 heterocycles. The van der Waals surface area contributed by atoms with Crippen LogP contribution in [0.25, 0.3) is 0 Å². The van der Waals surface area contributed by atoms with Crippen LogP contribution in [0.4, 0.5) is 4.79 Å². The maximum Gasteiger partial charge on any atom is 0.414 e. The van der Waals surface area contributed by atoms with Crippen molar-refractivity contribution >= 4 is 17.4 Å². The quantitative estimate of drug-likeness (QED) is 0.659. The van der Waals surface area contributed by atoms with Crippen molar-refractivity contribution in [3.05, 3.63) is 11.6 Å². The molecule has 0 aliphatic carbocycles. The van der Waals surface area contributed by atoms with Gasteiger partial charge in [-0.2, -0.15) is 0 Å². The molecule has 1 aromatic heterocycles. The van der Waals surface area contributed by atoms with E-state index in [4.69, 9.17) is 0 Å². The first kappa shape index (κ1) is 7.01. The summed E-state index contributed by atoms with van der Waals surface area (Å²) in [5.74, 6) is 0. The van der Waals surface area contributed by atoms with Gasteiger partial charge in [-0.3, -0.25) is 0 Å². The number of nitrogens with one attached hydrogen (secondary N) is 1. The summed E-state index contributed by atoms with van der Waals surface area (Å²) in [7, 11) is 1.50. The number of ether oxygens (including phenoxy) is 1. The molecule has 0 fully saturated rings. The Morgan fingerprint density at radius 2 is 2.70 bits per heavy atom. The molecule has 0 unspecified atom stereocenters. The lowest BCUT2D eigenvalue weighted by atomic mass is 11.0. The van der Waals surface area contributed by atoms with Crippen LogP contribution >= 0.6 is 11.3 Å². The highest BCUT2D eigenvalue weighted by Gasteiger charge is 2.01. The third-order valence-corrected chi connectivity index (χ3v) is 1.44. The summed E-state index contributed by atoms with van der Waals surface area (Å²) in [5, 5.41) is 4.40. The molecule has 4 nitrogen and oxygen atoms in total. The minimum absolute atomic E-state index is 0.361. The van der Waals surface area contributed by atoms with E-state index in [0.29, 0.717) is 5.19 Å². The molecule has 0 aliphatic heterocycles. The SMILES string of the molecule is CNC(=O)Oc1nccs1. The van der Waals surface area contributed by atoms with Gasteiger partial charge in [-0.1, -0.05) is 11.3 Å². The smallest absolute Gasteiger partial charge is 0.381 e. The van der Waals surface area contributed by atoms with E-state index in [1.165, 1.54) is 18.4 Å². The highest BCUT2D eigenvalue weighted by Crippen LogP contribution is 2.12. The second-order valence-electron chi connectivity index (χ2n) is 1.44. The van der Waals surface area contributed by atoms with Gasteiger partial charge < -0.3 is 10.1 Å². The molecule has 0 spiro atoms. The van der Waals surface area contributed by atoms with Crippen LogP contribution in [0.1, 0.15) is 0 Å². The molecule has 0 aliphatic rings. The second kappa shape index (κ2) is 3.17. The fourth-order valence-corrected chi connectivity index (χ4v) is 0.875. The van der Waals surface area contributed by atoms with Crippen LogP contribution in [0, 0.1) is 0 Å². The molecule has 0 radical (unpaired) electrons. The van der Waals surface area contributed by atoms with Crippen LogP contribution in [0.3, 0.4) is 0 Å². The van der Waals surface area contributed by atoms with Gasteiger partial charge >= 0.3 is 6.09 Å². The first-order valence-corrected chi connectivity index (χ1v) is 3.50. The number of hydrogen-bond donors (Lipinski definition) is 1. The van der Waals surface area contributed by atoms with Crippen LogP contribution in [-0.2, 0) is 0 Å². The summed E-state index contributed by atoms with van der Waals surface area (Å²) >= 11 is 1.27. The van der Waals surface area contributed by atoms with E-state index in [1.807, 2.05) is 0 Å². The van der Waals surface area contributed by atoms with Gasteiger partial charge in [0.2, 0.25) is 0 Å². The van der Waals surface area contributed by atoms with Crippen LogP contribution in [0.5, 0.6) is 5.19 Å². The molecule has 54 valence electrons. The van der Waals surface area contributed by atoms with Crippen molar-refractivity contribution in [1.82, 2.24) is 10.3 Å². The van der Waals surface area contributed by atoms with Gasteiger partial charge in [-0.05, 0) is 0 Å². The zero-order valence-corrected chi connectivity index (χ0v) is 6.14. The molecule has 1 rings (SSSR count). The predicted octanol–water partition coefficient (Wildman–Crippen LogP) is 0.861. The number of carbonyl (C=O) groups is 1. The van der Waals surface area contributed by atoms with E-state index in [1.54, 1.807) is 11.6 Å². The van der Waals surface area contributed by atoms with Gasteiger partial charge in [0.1, 0.15) is 0 Å². The summed E-state index contributed by atoms with van der Waals surface area (Å²) in [6.07, 6.45) is 1.08. The zero-order chi connectivity index (χ0) is 7.40. The second-order valence-corrected chi connectivity index (χ2v) is 2.29. The number of hydrogen-bond acceptors (Lipinski definition) is 4. The lowest BCUT2D eigenvalue weighted by Gasteiger charge is -1.95. The molecule has 1 amide bonds. The zero-order valence-electron chi connectivity index (χ0n) is 5.33. The first-order valence-electron chi connectivity index (χ1n) is 2.62. The summed E-state index contributed by atoms with van der Waals surface area (Å²) < 4.78 is 4.66. The standard InChI is InChI=1S/C5H6N2O2S/c1-6-4(8)9-5-7-2-3-10-5/h2-3H,1H3,(H,6,8). The number of thiazole rings is 1. The van der Waals surface area contributed by atoms with Gasteiger partial charge in [0.15, 0.2) is 0 Å². The molecule has 0 saturated carbocycles. The highest BCUT2D eigenvalue weighted by molar-refractivity contribution is 7.11. The number of amides is 1. The van der Waals surface area contributed by atoms with E-state index >= 15 is 0 Å². The molecule has 0 bridgehead atoms. The number of aromatic nitrogens is 1. The average molecular weight is 158 g/mol. The van der Waals surface area contributed by atoms with E-state index < -0.39 is 6.09 Å². The van der Waals surface area contributed by atoms with Gasteiger partial charge in [-0.15, -0.1) is 0 Å². The summed E-state index contributed by atoms with van der Waals surface area (Å²) in [6, 6.07) is 0. The Hall–Kier alpha value is -1.10. The Morgan fingerprint density at radius 3 is 3.20 bits per heavy atom. The van der Waals surface area contributed by atoms with Crippen molar-refractivity contribution in [2.45, 2.75) is 0 Å². The largest absolute Gasteiger partial charge is 0.414 e. The lowest BCUT2D eigenvalue weighted by molar-refractivity contribution is 0.203. The fourth-order valence-electron chi connectivity index (χ4n) is 0.391. The van der Waals surface area contributed by atoms with Crippen LogP contribution in [-0.4, -0.2) is 18.1 Å². The monoisotopic (exact) mass is 158 g/mol. The van der Waals surface area contributed by atoms with Crippen LogP contribution < -0.4 is 10.1 Å². The molecule has 5 heteroatoms. The topological polar surface area (TPSA) is 51.2 Å². The van der Waals surface area contributed by atoms with Crippen molar-refractivity contribution in [3.63, 3.8) is 0 Å². The Bertz CT molecular complexity index is 209. The van der Waals surface area contributed by atoms with E-state index in [-0.39, 0.29) is 0 Å². The van der Waals surface area contributed by atoms with Crippen LogP contribution in [0.15, 0.2) is 11.6 Å². The Labute approximate surface area is 61.8 Å². The van der Waals surface area contributed by atoms with E-state index in [9.17, 15) is 4.79 Å². The predicted molar refractivity (Wildman–Crippen MR) is 37.2 cm³/mol. The highest BCUT2D eigenvalue weighted by atomic mass is 32.1. The fraction of sp³-hybridized carbons (Fsp3) is 0.200. The van der Waals surface area contributed by atoms with E-state index in [0.717, 1.165) is 0 Å². The molecule has 0 saturated heterocycles. The number of rotatable bonds is 1. The third-order valence-electron chi connectivity index (χ3n) is 0.794. The third kappa shape index (κ3) is 1.70. The maximum absolute atomic E-state index is 10.5. The molecule has 1 aromatic rings. The normalized spacial score (nSPS) is 8.90. The number of carbonyl (C=O) groups excluding carboxylic acids is 1. The maximum atomic E-state index is 10.5. The summed E-state index contributed by atoms with van der Waals surface area (Å²) in [6.45, 7) is 0. The Balaban J connectivity index is 2.48. The lowest BCUT2D eigenvalue weighted by Crippen LogP contribution is -2.21. The minimum atomic E-state index is -0.491. The van der Waals surface area contributed by atoms with Gasteiger partial charge in [0, 0.05) is 18.6 Å². The van der Waals surface area contributed by atoms with Crippen molar-refractivity contribution in [2.75, 3.05) is 7.05 Å². The summed E-state index contributed by atoms with van der Waals surface area (Å²) in [5.41, 5.74) is 0. The van der Waals surface area contributed by atoms with Crippen molar-refractivity contribution in [1.29, 1.82) is 0 Å². The van der Waals surface area contributed by atoms with Gasteiger partial charge in [-0.25, -0.2) is 9.78 Å². The first-order chi connectivity index (χ1) is 4.83. The molecule has 0 atom stereocenters. The minimum Gasteiger partial charge on any atom is -0.381 e. The Morgan fingerprint density at radius 1 is 1.90 bits per heavy atom. The molecule has 0 aromatic carbocycles. The van der Waals surface area contributed by atoms with Crippen molar-refractivity contribution < 1.29 is 9.53 Å². The molecule has 1 N–H and O–H groups in total. The molecular weight excluding hydrogens is 152 g/mol. The molecule has 10 heavy (non-hydrogen) atoms. The van der Waals surface area contributed by atoms with Gasteiger partial charge in [0.05, 0.1) is 0 Å². The summed E-state index contributed by atoms with van der Waals surface area (Å²) in [4.78, 5) is 14.3. The van der Waals surface area contributed by atoms with Crippen molar-refractivity contribution in [3.8, 4) is 5.19 Å². The molecular formula is C5H6N2O2S. The van der Waals surface area contributed by atoms with Gasteiger partial charge in [0.25, 0.3) is 5.19 Å². The van der Waals surface area contributed by atoms with E-state index in [2.05, 4.69) is 15.0 Å². The average Bonchev–Trinajstić information content (AvgIpc) is 2.40. The Kier molecular flexibility index (Phi) is 2.22. The number of nitrogens with zero attached hydrogens (tertiary/aromatic N) is 1. The van der Waals surface area contributed by atoms with Crippen molar-refractivity contribution in [2.24, 2.45) is 0 Å².